The van der Waals surface area contributed by atoms with Crippen LogP contribution in [0.15, 0.2) is 48.8 Å². The largest absolute Gasteiger partial charge is 0.425 e. The number of benzene rings is 2. The van der Waals surface area contributed by atoms with Crippen LogP contribution in [0.5, 0.6) is 0 Å². The molecule has 1 heterocycles. The van der Waals surface area contributed by atoms with E-state index in [9.17, 15) is 32.9 Å². The summed E-state index contributed by atoms with van der Waals surface area (Å²) in [5, 5.41) is 34.5. The number of aromatic nitrogens is 2. The Morgan fingerprint density at radius 1 is 1.03 bits per heavy atom. The van der Waals surface area contributed by atoms with Gasteiger partial charge < -0.3 is 15.3 Å². The van der Waals surface area contributed by atoms with Crippen LogP contribution < -0.4 is 0 Å². The summed E-state index contributed by atoms with van der Waals surface area (Å²) < 4.78 is 57.9. The highest BCUT2D eigenvalue weighted by atomic mass is 19.4. The third-order valence-corrected chi connectivity index (χ3v) is 6.12. The summed E-state index contributed by atoms with van der Waals surface area (Å²) in [5.74, 6) is -0.942. The van der Waals surface area contributed by atoms with E-state index in [0.717, 1.165) is 6.07 Å². The van der Waals surface area contributed by atoms with E-state index in [4.69, 9.17) is 0 Å². The summed E-state index contributed by atoms with van der Waals surface area (Å²) in [6.07, 6.45) is -1.97. The van der Waals surface area contributed by atoms with Gasteiger partial charge in [-0.15, -0.1) is 0 Å². The number of nitrogens with zero attached hydrogens (tertiary/aromatic N) is 2. The summed E-state index contributed by atoms with van der Waals surface area (Å²) >= 11 is 0. The van der Waals surface area contributed by atoms with E-state index in [0.29, 0.717) is 12.5 Å². The minimum atomic E-state index is -5.07. The molecular formula is C22H20F4N2O3. The third-order valence-electron chi connectivity index (χ3n) is 6.12. The molecule has 0 aliphatic heterocycles. The molecule has 1 aromatic heterocycles. The van der Waals surface area contributed by atoms with Crippen molar-refractivity contribution in [3.63, 3.8) is 0 Å². The van der Waals surface area contributed by atoms with Gasteiger partial charge in [-0.2, -0.15) is 18.3 Å². The molecule has 0 saturated carbocycles. The fourth-order valence-corrected chi connectivity index (χ4v) is 4.18. The lowest BCUT2D eigenvalue weighted by molar-refractivity contribution is -0.246. The highest BCUT2D eigenvalue weighted by Crippen LogP contribution is 2.57. The van der Waals surface area contributed by atoms with Crippen LogP contribution in [-0.2, 0) is 11.1 Å². The number of fused-ring (bicyclic) bond motifs is 3. The van der Waals surface area contributed by atoms with Crippen LogP contribution in [0.1, 0.15) is 24.5 Å². The van der Waals surface area contributed by atoms with E-state index in [1.165, 1.54) is 35.3 Å². The predicted molar refractivity (Wildman–Crippen MR) is 105 cm³/mol. The van der Waals surface area contributed by atoms with Crippen molar-refractivity contribution in [2.45, 2.75) is 30.7 Å². The standard InChI is InChI=1S/C22H20F4N2O3/c1-2-20(11-29,12-30)28-10-13(9-27-28)16-7-14(23)8-18-19(16)15-5-3-4-6-17(15)21(18,31)22(24,25)26/h3-10,29-31H,2,11-12H2,1H3/t21-/m1/s1. The van der Waals surface area contributed by atoms with Crippen molar-refractivity contribution in [2.75, 3.05) is 13.2 Å². The van der Waals surface area contributed by atoms with Gasteiger partial charge in [0.1, 0.15) is 11.4 Å². The fraction of sp³-hybridized carbons (Fsp3) is 0.318. The normalized spacial score (nSPS) is 18.2. The molecule has 9 heteroatoms. The molecule has 0 spiro atoms. The lowest BCUT2D eigenvalue weighted by atomic mass is 9.89. The Balaban J connectivity index is 1.99. The summed E-state index contributed by atoms with van der Waals surface area (Å²) in [6.45, 7) is 0.908. The first kappa shape index (κ1) is 21.5. The molecule has 0 unspecified atom stereocenters. The topological polar surface area (TPSA) is 78.5 Å². The van der Waals surface area contributed by atoms with Gasteiger partial charge in [-0.05, 0) is 35.2 Å². The van der Waals surface area contributed by atoms with Crippen LogP contribution >= 0.6 is 0 Å². The molecular weight excluding hydrogens is 416 g/mol. The van der Waals surface area contributed by atoms with E-state index in [1.807, 2.05) is 0 Å². The Labute approximate surface area is 175 Å². The van der Waals surface area contributed by atoms with E-state index in [2.05, 4.69) is 5.10 Å². The first-order valence-electron chi connectivity index (χ1n) is 9.63. The van der Waals surface area contributed by atoms with Crippen molar-refractivity contribution in [3.05, 3.63) is 65.7 Å². The molecule has 0 radical (unpaired) electrons. The number of aliphatic hydroxyl groups excluding tert-OH is 2. The Morgan fingerprint density at radius 3 is 2.32 bits per heavy atom. The van der Waals surface area contributed by atoms with E-state index in [1.54, 1.807) is 13.0 Å². The van der Waals surface area contributed by atoms with E-state index in [-0.39, 0.29) is 27.8 Å². The Bertz CT molecular complexity index is 1130. The predicted octanol–water partition coefficient (Wildman–Crippen LogP) is 3.56. The molecule has 4 rings (SSSR count). The second-order valence-electron chi connectivity index (χ2n) is 7.70. The zero-order valence-corrected chi connectivity index (χ0v) is 16.5. The average Bonchev–Trinajstić information content (AvgIpc) is 3.33. The van der Waals surface area contributed by atoms with Gasteiger partial charge in [0.2, 0.25) is 5.60 Å². The van der Waals surface area contributed by atoms with E-state index < -0.39 is 41.9 Å². The van der Waals surface area contributed by atoms with Gasteiger partial charge in [-0.3, -0.25) is 4.68 Å². The minimum absolute atomic E-state index is 0.0615. The zero-order valence-electron chi connectivity index (χ0n) is 16.5. The van der Waals surface area contributed by atoms with Crippen LogP contribution in [0.25, 0.3) is 22.3 Å². The van der Waals surface area contributed by atoms with Crippen molar-refractivity contribution < 1.29 is 32.9 Å². The molecule has 1 aliphatic rings. The van der Waals surface area contributed by atoms with Crippen LogP contribution in [0.2, 0.25) is 0 Å². The van der Waals surface area contributed by atoms with Gasteiger partial charge in [-0.1, -0.05) is 31.2 Å². The number of hydrogen-bond acceptors (Lipinski definition) is 4. The van der Waals surface area contributed by atoms with Crippen molar-refractivity contribution in [1.29, 1.82) is 0 Å². The monoisotopic (exact) mass is 436 g/mol. The van der Waals surface area contributed by atoms with Gasteiger partial charge >= 0.3 is 6.18 Å². The summed E-state index contributed by atoms with van der Waals surface area (Å²) in [4.78, 5) is 0. The first-order valence-corrected chi connectivity index (χ1v) is 9.63. The van der Waals surface area contributed by atoms with Crippen LogP contribution in [0, 0.1) is 5.82 Å². The van der Waals surface area contributed by atoms with Crippen LogP contribution in [0.3, 0.4) is 0 Å². The smallest absolute Gasteiger partial charge is 0.394 e. The van der Waals surface area contributed by atoms with Gasteiger partial charge in [0, 0.05) is 22.9 Å². The number of rotatable bonds is 5. The molecule has 1 atom stereocenters. The highest BCUT2D eigenvalue weighted by Gasteiger charge is 2.61. The Kier molecular flexibility index (Phi) is 4.95. The fourth-order valence-electron chi connectivity index (χ4n) is 4.18. The third kappa shape index (κ3) is 2.91. The molecule has 31 heavy (non-hydrogen) atoms. The minimum Gasteiger partial charge on any atom is -0.394 e. The first-order chi connectivity index (χ1) is 14.6. The van der Waals surface area contributed by atoms with Gasteiger partial charge in [0.25, 0.3) is 0 Å². The number of aliphatic hydroxyl groups is 3. The second kappa shape index (κ2) is 7.15. The Morgan fingerprint density at radius 2 is 1.71 bits per heavy atom. The van der Waals surface area contributed by atoms with Crippen molar-refractivity contribution in [1.82, 2.24) is 9.78 Å². The van der Waals surface area contributed by atoms with Crippen molar-refractivity contribution >= 4 is 0 Å². The molecule has 3 aromatic rings. The highest BCUT2D eigenvalue weighted by molar-refractivity contribution is 5.92. The quantitative estimate of drug-likeness (QED) is 0.535. The maximum Gasteiger partial charge on any atom is 0.425 e. The molecule has 0 fully saturated rings. The van der Waals surface area contributed by atoms with Gasteiger partial charge in [-0.25, -0.2) is 4.39 Å². The summed E-state index contributed by atoms with van der Waals surface area (Å²) in [5.41, 5.74) is -4.81. The number of halogens is 4. The zero-order chi connectivity index (χ0) is 22.6. The SMILES string of the molecule is CCC(CO)(CO)n1cc(-c2cc(F)cc3c2-c2ccccc2[C@]3(O)C(F)(F)F)cn1. The van der Waals surface area contributed by atoms with Crippen LogP contribution in [-0.4, -0.2) is 44.5 Å². The van der Waals surface area contributed by atoms with Crippen molar-refractivity contribution in [3.8, 4) is 22.3 Å². The lowest BCUT2D eigenvalue weighted by Gasteiger charge is -2.29. The molecule has 5 nitrogen and oxygen atoms in total. The number of hydrogen-bond donors (Lipinski definition) is 3. The molecule has 0 amide bonds. The summed E-state index contributed by atoms with van der Waals surface area (Å²) in [7, 11) is 0. The Hall–Kier alpha value is -2.75. The molecule has 2 aromatic carbocycles. The molecule has 3 N–H and O–H groups in total. The molecule has 0 bridgehead atoms. The van der Waals surface area contributed by atoms with E-state index >= 15 is 0 Å². The maximum atomic E-state index is 14.5. The number of alkyl halides is 3. The molecule has 1 aliphatic carbocycles. The average molecular weight is 436 g/mol. The van der Waals surface area contributed by atoms with Gasteiger partial charge in [0.05, 0.1) is 19.4 Å². The van der Waals surface area contributed by atoms with Gasteiger partial charge in [0.15, 0.2) is 0 Å². The maximum absolute atomic E-state index is 14.5. The molecule has 164 valence electrons. The van der Waals surface area contributed by atoms with Crippen LogP contribution in [0.4, 0.5) is 17.6 Å². The van der Waals surface area contributed by atoms with Crippen molar-refractivity contribution in [2.24, 2.45) is 0 Å². The second-order valence-corrected chi connectivity index (χ2v) is 7.70. The molecule has 0 saturated heterocycles. The lowest BCUT2D eigenvalue weighted by Crippen LogP contribution is -2.41. The summed E-state index contributed by atoms with van der Waals surface area (Å²) in [6, 6.07) is 7.34.